The second-order valence-corrected chi connectivity index (χ2v) is 10.1. The molecule has 4 aliphatic rings. The van der Waals surface area contributed by atoms with Gasteiger partial charge >= 0.3 is 0 Å². The number of hydrogen-bond donors (Lipinski definition) is 0. The average Bonchev–Trinajstić information content (AvgIpc) is 3.36. The Morgan fingerprint density at radius 2 is 1.27 bits per heavy atom. The molecule has 0 aromatic carbocycles. The maximum Gasteiger partial charge on any atom is -0.0349 e. The molecule has 0 spiro atoms. The first-order valence-electron chi connectivity index (χ1n) is 10.5. The van der Waals surface area contributed by atoms with Crippen molar-refractivity contribution in [2.45, 2.75) is 73.1 Å². The lowest BCUT2D eigenvalue weighted by Gasteiger charge is -2.21. The minimum Gasteiger partial charge on any atom is -0.0651 e. The normalized spacial score (nSPS) is 47.2. The first-order valence-corrected chi connectivity index (χ1v) is 10.5. The Hall–Kier alpha value is 0. The summed E-state index contributed by atoms with van der Waals surface area (Å²) in [5.74, 6) is 11.9. The van der Waals surface area contributed by atoms with Gasteiger partial charge in [-0.3, -0.25) is 0 Å². The summed E-state index contributed by atoms with van der Waals surface area (Å²) < 4.78 is 0. The highest BCUT2D eigenvalue weighted by atomic mass is 14.6. The van der Waals surface area contributed by atoms with Crippen molar-refractivity contribution in [1.29, 1.82) is 0 Å². The maximum atomic E-state index is 2.61. The molecule has 22 heavy (non-hydrogen) atoms. The van der Waals surface area contributed by atoms with Crippen molar-refractivity contribution in [1.82, 2.24) is 0 Å². The van der Waals surface area contributed by atoms with Gasteiger partial charge in [0.15, 0.2) is 0 Å². The van der Waals surface area contributed by atoms with Gasteiger partial charge in [-0.1, -0.05) is 41.0 Å². The van der Waals surface area contributed by atoms with Crippen LogP contribution in [0, 0.1) is 65.1 Å². The molecule has 0 radical (unpaired) electrons. The van der Waals surface area contributed by atoms with Crippen LogP contribution in [0.1, 0.15) is 73.1 Å². The zero-order valence-corrected chi connectivity index (χ0v) is 15.6. The van der Waals surface area contributed by atoms with E-state index in [4.69, 9.17) is 0 Å². The number of rotatable bonds is 8. The summed E-state index contributed by atoms with van der Waals surface area (Å²) in [7, 11) is 0. The highest BCUT2D eigenvalue weighted by molar-refractivity contribution is 5.07. The molecular weight excluding hydrogens is 264 g/mol. The Kier molecular flexibility index (Phi) is 3.90. The van der Waals surface area contributed by atoms with Gasteiger partial charge in [0.25, 0.3) is 0 Å². The summed E-state index contributed by atoms with van der Waals surface area (Å²) in [6.45, 7) is 12.5. The van der Waals surface area contributed by atoms with Crippen molar-refractivity contribution in [3.63, 3.8) is 0 Å². The van der Waals surface area contributed by atoms with Crippen LogP contribution >= 0.6 is 0 Å². The van der Waals surface area contributed by atoms with Gasteiger partial charge in [0.05, 0.1) is 0 Å². The van der Waals surface area contributed by atoms with E-state index in [1.165, 1.54) is 18.3 Å². The summed E-state index contributed by atoms with van der Waals surface area (Å²) in [6, 6.07) is 0. The molecule has 4 rings (SSSR count). The minimum absolute atomic E-state index is 0.895. The average molecular weight is 303 g/mol. The fraction of sp³-hybridized carbons (Fsp3) is 1.00. The standard InChI is InChI=1S/C22H38/c1-6-16(12(2)3)22-11-20(22)14(5)18-9-17(18)13(4)19-10-21(19)15-7-8-15/h12-22H,6-11H2,1-5H3. The van der Waals surface area contributed by atoms with E-state index >= 15 is 0 Å². The number of hydrogen-bond acceptors (Lipinski definition) is 0. The zero-order chi connectivity index (χ0) is 15.6. The van der Waals surface area contributed by atoms with Crippen molar-refractivity contribution < 1.29 is 0 Å². The Morgan fingerprint density at radius 1 is 0.727 bits per heavy atom. The molecule has 0 amide bonds. The predicted molar refractivity (Wildman–Crippen MR) is 94.5 cm³/mol. The van der Waals surface area contributed by atoms with E-state index in [0.29, 0.717) is 0 Å². The molecule has 126 valence electrons. The molecule has 4 saturated carbocycles. The van der Waals surface area contributed by atoms with E-state index in [9.17, 15) is 0 Å². The molecule has 0 aromatic heterocycles. The SMILES string of the molecule is CCC(C(C)C)C1CC1C(C)C1CC1C(C)C1CC1C1CC1. The van der Waals surface area contributed by atoms with Crippen molar-refractivity contribution >= 4 is 0 Å². The Balaban J connectivity index is 1.26. The lowest BCUT2D eigenvalue weighted by atomic mass is 9.84. The quantitative estimate of drug-likeness (QED) is 0.496. The van der Waals surface area contributed by atoms with E-state index in [0.717, 1.165) is 53.3 Å². The molecule has 9 unspecified atom stereocenters. The molecule has 9 atom stereocenters. The van der Waals surface area contributed by atoms with Gasteiger partial charge in [-0.15, -0.1) is 0 Å². The minimum atomic E-state index is 0.895. The van der Waals surface area contributed by atoms with Gasteiger partial charge in [0, 0.05) is 0 Å². The van der Waals surface area contributed by atoms with Gasteiger partial charge in [-0.25, -0.2) is 0 Å². The van der Waals surface area contributed by atoms with E-state index in [1.807, 2.05) is 0 Å². The summed E-state index contributed by atoms with van der Waals surface area (Å²) in [5.41, 5.74) is 0. The van der Waals surface area contributed by atoms with Crippen molar-refractivity contribution in [2.75, 3.05) is 0 Å². The third kappa shape index (κ3) is 2.78. The van der Waals surface area contributed by atoms with Crippen LogP contribution in [0.4, 0.5) is 0 Å². The molecule has 0 heteroatoms. The predicted octanol–water partition coefficient (Wildman–Crippen LogP) is 6.26. The highest BCUT2D eigenvalue weighted by Gasteiger charge is 2.58. The first kappa shape index (κ1) is 15.5. The van der Waals surface area contributed by atoms with Crippen LogP contribution in [0.15, 0.2) is 0 Å². The first-order chi connectivity index (χ1) is 10.5. The highest BCUT2D eigenvalue weighted by Crippen LogP contribution is 2.65. The van der Waals surface area contributed by atoms with Crippen LogP contribution in [0.2, 0.25) is 0 Å². The third-order valence-electron chi connectivity index (χ3n) is 8.48. The van der Waals surface area contributed by atoms with Gasteiger partial charge in [0.2, 0.25) is 0 Å². The van der Waals surface area contributed by atoms with Gasteiger partial charge < -0.3 is 0 Å². The largest absolute Gasteiger partial charge is 0.0651 e. The van der Waals surface area contributed by atoms with E-state index in [-0.39, 0.29) is 0 Å². The molecule has 4 aliphatic carbocycles. The summed E-state index contributed by atoms with van der Waals surface area (Å²) in [5, 5.41) is 0. The molecule has 0 saturated heterocycles. The van der Waals surface area contributed by atoms with Crippen molar-refractivity contribution in [3.05, 3.63) is 0 Å². The molecule has 4 fully saturated rings. The summed E-state index contributed by atoms with van der Waals surface area (Å²) in [6.07, 6.45) is 9.27. The zero-order valence-electron chi connectivity index (χ0n) is 15.6. The smallest absolute Gasteiger partial charge is 0.0349 e. The molecule has 0 aromatic rings. The molecule has 0 bridgehead atoms. The topological polar surface area (TPSA) is 0 Å². The Bertz CT molecular complexity index is 406. The maximum absolute atomic E-state index is 2.61. The van der Waals surface area contributed by atoms with Crippen LogP contribution in [0.25, 0.3) is 0 Å². The van der Waals surface area contributed by atoms with Crippen molar-refractivity contribution in [2.24, 2.45) is 65.1 Å². The molecule has 0 nitrogen and oxygen atoms in total. The second-order valence-electron chi connectivity index (χ2n) is 10.1. The van der Waals surface area contributed by atoms with Crippen LogP contribution in [0.5, 0.6) is 0 Å². The van der Waals surface area contributed by atoms with E-state index in [1.54, 1.807) is 32.1 Å². The van der Waals surface area contributed by atoms with E-state index in [2.05, 4.69) is 34.6 Å². The van der Waals surface area contributed by atoms with Crippen LogP contribution in [0.3, 0.4) is 0 Å². The van der Waals surface area contributed by atoms with Crippen LogP contribution < -0.4 is 0 Å². The fourth-order valence-electron chi connectivity index (χ4n) is 6.59. The molecular formula is C22H38. The lowest BCUT2D eigenvalue weighted by Crippen LogP contribution is -2.15. The van der Waals surface area contributed by atoms with Gasteiger partial charge in [0.1, 0.15) is 0 Å². The molecule has 0 N–H and O–H groups in total. The molecule has 0 aliphatic heterocycles. The second kappa shape index (κ2) is 5.52. The van der Waals surface area contributed by atoms with Gasteiger partial charge in [-0.2, -0.15) is 0 Å². The Morgan fingerprint density at radius 3 is 1.82 bits per heavy atom. The fourth-order valence-corrected chi connectivity index (χ4v) is 6.59. The monoisotopic (exact) mass is 302 g/mol. The molecule has 0 heterocycles. The lowest BCUT2D eigenvalue weighted by molar-refractivity contribution is 0.274. The summed E-state index contributed by atoms with van der Waals surface area (Å²) >= 11 is 0. The Labute approximate surface area is 138 Å². The van der Waals surface area contributed by atoms with Crippen LogP contribution in [-0.2, 0) is 0 Å². The van der Waals surface area contributed by atoms with Crippen molar-refractivity contribution in [3.8, 4) is 0 Å². The van der Waals surface area contributed by atoms with E-state index < -0.39 is 0 Å². The summed E-state index contributed by atoms with van der Waals surface area (Å²) in [4.78, 5) is 0. The van der Waals surface area contributed by atoms with Gasteiger partial charge in [-0.05, 0) is 97.2 Å². The van der Waals surface area contributed by atoms with Crippen LogP contribution in [-0.4, -0.2) is 0 Å². The third-order valence-corrected chi connectivity index (χ3v) is 8.48.